The van der Waals surface area contributed by atoms with Crippen LogP contribution in [-0.2, 0) is 0 Å². The molecule has 0 heterocycles. The zero-order valence-corrected chi connectivity index (χ0v) is 13.2. The first-order valence-electron chi connectivity index (χ1n) is 6.28. The molecule has 2 aromatic rings. The van der Waals surface area contributed by atoms with E-state index in [0.717, 1.165) is 6.42 Å². The Hall–Kier alpha value is -1.19. The van der Waals surface area contributed by atoms with Gasteiger partial charge in [-0.15, -0.1) is 0 Å². The van der Waals surface area contributed by atoms with Crippen LogP contribution in [0.2, 0.25) is 5.02 Å². The maximum atomic E-state index is 14.6. The summed E-state index contributed by atoms with van der Waals surface area (Å²) in [6.07, 6.45) is 0.720. The summed E-state index contributed by atoms with van der Waals surface area (Å²) in [7, 11) is 0. The van der Waals surface area contributed by atoms with Crippen molar-refractivity contribution in [2.24, 2.45) is 0 Å². The van der Waals surface area contributed by atoms with E-state index in [1.54, 1.807) is 42.5 Å². The van der Waals surface area contributed by atoms with Gasteiger partial charge in [-0.1, -0.05) is 70.9 Å². The summed E-state index contributed by atoms with van der Waals surface area (Å²) >= 11 is 9.42. The van der Waals surface area contributed by atoms with Crippen LogP contribution in [0.4, 0.5) is 4.39 Å². The largest absolute Gasteiger partial charge is 0.288 e. The Balaban J connectivity index is 2.54. The summed E-state index contributed by atoms with van der Waals surface area (Å²) in [5.41, 5.74) is 0.817. The molecule has 4 heteroatoms. The van der Waals surface area contributed by atoms with Gasteiger partial charge >= 0.3 is 0 Å². The lowest BCUT2D eigenvalue weighted by atomic mass is 9.98. The smallest absolute Gasteiger partial charge is 0.197 e. The Kier molecular flexibility index (Phi) is 4.95. The van der Waals surface area contributed by atoms with Crippen LogP contribution in [0, 0.1) is 5.82 Å². The normalized spacial score (nSPS) is 12.2. The molecule has 20 heavy (non-hydrogen) atoms. The number of ketones is 1. The maximum absolute atomic E-state index is 14.6. The van der Waals surface area contributed by atoms with Crippen molar-refractivity contribution in [3.63, 3.8) is 0 Å². The summed E-state index contributed by atoms with van der Waals surface area (Å²) in [6, 6.07) is 11.8. The van der Waals surface area contributed by atoms with E-state index in [1.807, 2.05) is 6.92 Å². The van der Waals surface area contributed by atoms with Gasteiger partial charge in [0.1, 0.15) is 5.82 Å². The standard InChI is InChI=1S/C16H13BrClFO/c1-2-12(17)11-8-9-13(18)14(15(11)19)16(20)10-6-4-3-5-7-10/h3-9,12H,2H2,1H3. The molecule has 0 saturated carbocycles. The second kappa shape index (κ2) is 6.51. The van der Waals surface area contributed by atoms with Crippen LogP contribution < -0.4 is 0 Å². The van der Waals surface area contributed by atoms with E-state index in [4.69, 9.17) is 11.6 Å². The highest BCUT2D eigenvalue weighted by Crippen LogP contribution is 2.33. The number of alkyl halides is 1. The molecule has 0 aromatic heterocycles. The molecule has 1 atom stereocenters. The molecule has 2 rings (SSSR count). The summed E-state index contributed by atoms with van der Waals surface area (Å²) in [4.78, 5) is 12.3. The van der Waals surface area contributed by atoms with Crippen molar-refractivity contribution in [1.29, 1.82) is 0 Å². The average Bonchev–Trinajstić information content (AvgIpc) is 2.47. The van der Waals surface area contributed by atoms with Crippen molar-refractivity contribution in [2.75, 3.05) is 0 Å². The predicted octanol–water partition coefficient (Wildman–Crippen LogP) is 5.56. The van der Waals surface area contributed by atoms with Gasteiger partial charge in [-0.05, 0) is 12.5 Å². The molecule has 1 unspecified atom stereocenters. The van der Waals surface area contributed by atoms with Gasteiger partial charge in [-0.3, -0.25) is 4.79 Å². The number of halogens is 3. The minimum absolute atomic E-state index is 0.0618. The molecule has 0 aliphatic rings. The van der Waals surface area contributed by atoms with Crippen LogP contribution in [0.1, 0.15) is 39.7 Å². The van der Waals surface area contributed by atoms with Crippen LogP contribution in [0.25, 0.3) is 0 Å². The summed E-state index contributed by atoms with van der Waals surface area (Å²) < 4.78 is 14.6. The molecule has 0 radical (unpaired) electrons. The van der Waals surface area contributed by atoms with E-state index in [0.29, 0.717) is 11.1 Å². The predicted molar refractivity (Wildman–Crippen MR) is 83.2 cm³/mol. The van der Waals surface area contributed by atoms with Gasteiger partial charge < -0.3 is 0 Å². The van der Waals surface area contributed by atoms with Gasteiger partial charge in [0.05, 0.1) is 10.6 Å². The molecule has 2 aromatic carbocycles. The Morgan fingerprint density at radius 1 is 1.25 bits per heavy atom. The highest BCUT2D eigenvalue weighted by atomic mass is 79.9. The Morgan fingerprint density at radius 3 is 2.50 bits per heavy atom. The van der Waals surface area contributed by atoms with E-state index < -0.39 is 11.6 Å². The first kappa shape index (κ1) is 15.2. The van der Waals surface area contributed by atoms with Gasteiger partial charge in [0.15, 0.2) is 5.78 Å². The van der Waals surface area contributed by atoms with Crippen molar-refractivity contribution in [3.05, 3.63) is 70.0 Å². The summed E-state index contributed by atoms with van der Waals surface area (Å²) in [5, 5.41) is 0.135. The van der Waals surface area contributed by atoms with Crippen molar-refractivity contribution >= 4 is 33.3 Å². The van der Waals surface area contributed by atoms with Gasteiger partial charge in [0, 0.05) is 16.0 Å². The van der Waals surface area contributed by atoms with Gasteiger partial charge in [-0.2, -0.15) is 0 Å². The first-order chi connectivity index (χ1) is 9.56. The van der Waals surface area contributed by atoms with Gasteiger partial charge in [-0.25, -0.2) is 4.39 Å². The zero-order chi connectivity index (χ0) is 14.7. The Morgan fingerprint density at radius 2 is 1.90 bits per heavy atom. The highest BCUT2D eigenvalue weighted by molar-refractivity contribution is 9.09. The third-order valence-corrected chi connectivity index (χ3v) is 4.54. The molecule has 0 fully saturated rings. The van der Waals surface area contributed by atoms with Crippen molar-refractivity contribution < 1.29 is 9.18 Å². The van der Waals surface area contributed by atoms with E-state index in [9.17, 15) is 9.18 Å². The van der Waals surface area contributed by atoms with Crippen LogP contribution in [0.15, 0.2) is 42.5 Å². The summed E-state index contributed by atoms with van der Waals surface area (Å²) in [5.74, 6) is -0.944. The Labute approximate surface area is 130 Å². The quantitative estimate of drug-likeness (QED) is 0.518. The van der Waals surface area contributed by atoms with Crippen LogP contribution >= 0.6 is 27.5 Å². The lowest BCUT2D eigenvalue weighted by Gasteiger charge is -2.13. The van der Waals surface area contributed by atoms with Crippen molar-refractivity contribution in [2.45, 2.75) is 18.2 Å². The van der Waals surface area contributed by atoms with Crippen LogP contribution in [0.5, 0.6) is 0 Å². The third kappa shape index (κ3) is 2.94. The molecule has 104 valence electrons. The fraction of sp³-hybridized carbons (Fsp3) is 0.188. The molecular formula is C16H13BrClFO. The SMILES string of the molecule is CCC(Br)c1ccc(Cl)c(C(=O)c2ccccc2)c1F. The lowest BCUT2D eigenvalue weighted by Crippen LogP contribution is -2.08. The lowest BCUT2D eigenvalue weighted by molar-refractivity contribution is 0.103. The molecule has 0 spiro atoms. The maximum Gasteiger partial charge on any atom is 0.197 e. The monoisotopic (exact) mass is 354 g/mol. The third-order valence-electron chi connectivity index (χ3n) is 3.08. The highest BCUT2D eigenvalue weighted by Gasteiger charge is 2.22. The first-order valence-corrected chi connectivity index (χ1v) is 7.57. The zero-order valence-electron chi connectivity index (χ0n) is 10.9. The van der Waals surface area contributed by atoms with E-state index in [-0.39, 0.29) is 15.4 Å². The number of hydrogen-bond acceptors (Lipinski definition) is 1. The number of carbonyl (C=O) groups is 1. The second-order valence-electron chi connectivity index (χ2n) is 4.40. The molecule has 0 aliphatic heterocycles. The minimum Gasteiger partial charge on any atom is -0.288 e. The van der Waals surface area contributed by atoms with E-state index >= 15 is 0 Å². The van der Waals surface area contributed by atoms with Crippen molar-refractivity contribution in [3.8, 4) is 0 Å². The number of rotatable bonds is 4. The summed E-state index contributed by atoms with van der Waals surface area (Å²) in [6.45, 7) is 1.94. The fourth-order valence-corrected chi connectivity index (χ4v) is 2.56. The molecule has 0 amide bonds. The number of hydrogen-bond donors (Lipinski definition) is 0. The molecule has 0 aliphatic carbocycles. The van der Waals surface area contributed by atoms with Crippen LogP contribution in [-0.4, -0.2) is 5.78 Å². The molecule has 0 bridgehead atoms. The molecule has 1 nitrogen and oxygen atoms in total. The second-order valence-corrected chi connectivity index (χ2v) is 5.91. The van der Waals surface area contributed by atoms with E-state index in [1.165, 1.54) is 0 Å². The Bertz CT molecular complexity index is 628. The fourth-order valence-electron chi connectivity index (χ4n) is 1.97. The molecule has 0 N–H and O–H groups in total. The minimum atomic E-state index is -0.546. The molecular weight excluding hydrogens is 343 g/mol. The van der Waals surface area contributed by atoms with Gasteiger partial charge in [0.25, 0.3) is 0 Å². The average molecular weight is 356 g/mol. The van der Waals surface area contributed by atoms with E-state index in [2.05, 4.69) is 15.9 Å². The number of benzene rings is 2. The molecule has 0 saturated heterocycles. The van der Waals surface area contributed by atoms with Gasteiger partial charge in [0.2, 0.25) is 0 Å². The number of carbonyl (C=O) groups excluding carboxylic acids is 1. The van der Waals surface area contributed by atoms with Crippen molar-refractivity contribution in [1.82, 2.24) is 0 Å². The topological polar surface area (TPSA) is 17.1 Å². The van der Waals surface area contributed by atoms with Crippen LogP contribution in [0.3, 0.4) is 0 Å².